The Labute approximate surface area is 169 Å². The molecule has 0 aliphatic heterocycles. The number of amides is 1. The standard InChI is InChI=1S/C22H23FN4O2/c1-27(2,3)15-14-25-22(28)21-24-13-12-20(26-21)16-4-8-18(9-5-16)29-19-10-6-17(23)7-11-19/h4-13H,14-15H2,1-3H3/p+1. The average molecular weight is 395 g/mol. The first-order valence-electron chi connectivity index (χ1n) is 9.26. The zero-order valence-electron chi connectivity index (χ0n) is 16.7. The number of hydrogen-bond donors (Lipinski definition) is 1. The van der Waals surface area contributed by atoms with Crippen LogP contribution in [0.2, 0.25) is 0 Å². The number of hydrogen-bond acceptors (Lipinski definition) is 4. The molecule has 0 bridgehead atoms. The Morgan fingerprint density at radius 3 is 2.24 bits per heavy atom. The van der Waals surface area contributed by atoms with E-state index in [0.29, 0.717) is 23.7 Å². The summed E-state index contributed by atoms with van der Waals surface area (Å²) >= 11 is 0. The zero-order valence-corrected chi connectivity index (χ0v) is 16.7. The van der Waals surface area contributed by atoms with Gasteiger partial charge in [-0.05, 0) is 54.6 Å². The van der Waals surface area contributed by atoms with Gasteiger partial charge in [0.1, 0.15) is 17.3 Å². The van der Waals surface area contributed by atoms with Gasteiger partial charge in [-0.1, -0.05) is 0 Å². The molecule has 3 rings (SSSR count). The number of halogens is 1. The average Bonchev–Trinajstić information content (AvgIpc) is 2.69. The summed E-state index contributed by atoms with van der Waals surface area (Å²) in [6.45, 7) is 1.35. The molecule has 0 saturated heterocycles. The van der Waals surface area contributed by atoms with Crippen molar-refractivity contribution in [1.82, 2.24) is 15.3 Å². The van der Waals surface area contributed by atoms with E-state index < -0.39 is 0 Å². The summed E-state index contributed by atoms with van der Waals surface area (Å²) in [5.74, 6) is 0.697. The van der Waals surface area contributed by atoms with Gasteiger partial charge in [0, 0.05) is 11.8 Å². The monoisotopic (exact) mass is 395 g/mol. The minimum absolute atomic E-state index is 0.135. The molecule has 0 radical (unpaired) electrons. The number of carbonyl (C=O) groups excluding carboxylic acids is 1. The number of aromatic nitrogens is 2. The second-order valence-electron chi connectivity index (χ2n) is 7.62. The molecule has 7 heteroatoms. The van der Waals surface area contributed by atoms with Crippen LogP contribution >= 0.6 is 0 Å². The highest BCUT2D eigenvalue weighted by atomic mass is 19.1. The van der Waals surface area contributed by atoms with Crippen LogP contribution in [0.15, 0.2) is 60.8 Å². The Bertz CT molecular complexity index is 967. The molecule has 0 unspecified atom stereocenters. The first-order valence-corrected chi connectivity index (χ1v) is 9.26. The maximum atomic E-state index is 13.0. The van der Waals surface area contributed by atoms with Crippen molar-refractivity contribution in [2.45, 2.75) is 0 Å². The first kappa shape index (κ1) is 20.4. The van der Waals surface area contributed by atoms with Gasteiger partial charge < -0.3 is 14.5 Å². The fourth-order valence-corrected chi connectivity index (χ4v) is 2.55. The zero-order chi connectivity index (χ0) is 20.9. The highest BCUT2D eigenvalue weighted by Crippen LogP contribution is 2.25. The molecule has 0 fully saturated rings. The quantitative estimate of drug-likeness (QED) is 0.622. The summed E-state index contributed by atoms with van der Waals surface area (Å²) in [4.78, 5) is 20.8. The number of ether oxygens (including phenoxy) is 1. The number of nitrogens with one attached hydrogen (secondary N) is 1. The Morgan fingerprint density at radius 1 is 1.00 bits per heavy atom. The lowest BCUT2D eigenvalue weighted by Gasteiger charge is -2.23. The molecule has 0 spiro atoms. The van der Waals surface area contributed by atoms with Crippen molar-refractivity contribution in [3.8, 4) is 22.8 Å². The van der Waals surface area contributed by atoms with E-state index >= 15 is 0 Å². The van der Waals surface area contributed by atoms with Gasteiger partial charge in [0.15, 0.2) is 0 Å². The van der Waals surface area contributed by atoms with Gasteiger partial charge in [0.25, 0.3) is 5.91 Å². The van der Waals surface area contributed by atoms with Crippen molar-refractivity contribution in [2.75, 3.05) is 34.2 Å². The third kappa shape index (κ3) is 6.08. The molecule has 150 valence electrons. The third-order valence-electron chi connectivity index (χ3n) is 4.13. The number of quaternary nitrogens is 1. The van der Waals surface area contributed by atoms with Gasteiger partial charge in [0.2, 0.25) is 5.82 Å². The van der Waals surface area contributed by atoms with Crippen LogP contribution in [-0.2, 0) is 0 Å². The van der Waals surface area contributed by atoms with Crippen LogP contribution in [0.1, 0.15) is 10.6 Å². The van der Waals surface area contributed by atoms with Crippen LogP contribution in [0, 0.1) is 5.82 Å². The third-order valence-corrected chi connectivity index (χ3v) is 4.13. The molecule has 6 nitrogen and oxygen atoms in total. The van der Waals surface area contributed by atoms with Crippen LogP contribution in [0.5, 0.6) is 11.5 Å². The number of likely N-dealkylation sites (N-methyl/N-ethyl adjacent to an activating group) is 1. The number of nitrogens with zero attached hydrogens (tertiary/aromatic N) is 3. The lowest BCUT2D eigenvalue weighted by Crippen LogP contribution is -2.42. The van der Waals surface area contributed by atoms with Crippen molar-refractivity contribution < 1.29 is 18.4 Å². The van der Waals surface area contributed by atoms with Crippen LogP contribution in [-0.4, -0.2) is 54.6 Å². The smallest absolute Gasteiger partial charge is 0.289 e. The fourth-order valence-electron chi connectivity index (χ4n) is 2.55. The number of carbonyl (C=O) groups is 1. The van der Waals surface area contributed by atoms with E-state index in [4.69, 9.17) is 4.74 Å². The molecule has 1 heterocycles. The topological polar surface area (TPSA) is 64.1 Å². The van der Waals surface area contributed by atoms with E-state index in [9.17, 15) is 9.18 Å². The molecular formula is C22H24FN4O2+. The van der Waals surface area contributed by atoms with Crippen molar-refractivity contribution in [1.29, 1.82) is 0 Å². The van der Waals surface area contributed by atoms with E-state index in [1.165, 1.54) is 12.1 Å². The van der Waals surface area contributed by atoms with Gasteiger partial charge in [-0.2, -0.15) is 0 Å². The molecular weight excluding hydrogens is 371 g/mol. The molecule has 0 saturated carbocycles. The van der Waals surface area contributed by atoms with Crippen molar-refractivity contribution >= 4 is 5.91 Å². The van der Waals surface area contributed by atoms with Gasteiger partial charge in [-0.3, -0.25) is 4.79 Å². The predicted molar refractivity (Wildman–Crippen MR) is 109 cm³/mol. The molecule has 0 atom stereocenters. The molecule has 1 N–H and O–H groups in total. The lowest BCUT2D eigenvalue weighted by molar-refractivity contribution is -0.869. The first-order chi connectivity index (χ1) is 13.8. The largest absolute Gasteiger partial charge is 0.457 e. The summed E-state index contributed by atoms with van der Waals surface area (Å²) in [7, 11) is 6.19. The Morgan fingerprint density at radius 2 is 1.62 bits per heavy atom. The van der Waals surface area contributed by atoms with E-state index in [-0.39, 0.29) is 17.5 Å². The minimum Gasteiger partial charge on any atom is -0.457 e. The molecule has 29 heavy (non-hydrogen) atoms. The van der Waals surface area contributed by atoms with E-state index in [2.05, 4.69) is 36.4 Å². The maximum Gasteiger partial charge on any atom is 0.289 e. The normalized spacial score (nSPS) is 11.2. The summed E-state index contributed by atoms with van der Waals surface area (Å²) in [6, 6.07) is 14.9. The maximum absolute atomic E-state index is 13.0. The van der Waals surface area contributed by atoms with Crippen LogP contribution in [0.3, 0.4) is 0 Å². The Hall–Kier alpha value is -3.32. The Kier molecular flexibility index (Phi) is 6.19. The minimum atomic E-state index is -0.311. The van der Waals surface area contributed by atoms with Gasteiger partial charge in [-0.15, -0.1) is 0 Å². The highest BCUT2D eigenvalue weighted by molar-refractivity contribution is 5.90. The summed E-state index contributed by atoms with van der Waals surface area (Å²) < 4.78 is 19.4. The van der Waals surface area contributed by atoms with Crippen LogP contribution in [0.4, 0.5) is 4.39 Å². The number of benzene rings is 2. The molecule has 1 aromatic heterocycles. The lowest BCUT2D eigenvalue weighted by atomic mass is 10.1. The van der Waals surface area contributed by atoms with Crippen molar-refractivity contribution in [3.05, 3.63) is 72.4 Å². The second-order valence-corrected chi connectivity index (χ2v) is 7.62. The summed E-state index contributed by atoms with van der Waals surface area (Å²) in [5.41, 5.74) is 1.48. The highest BCUT2D eigenvalue weighted by Gasteiger charge is 2.13. The van der Waals surface area contributed by atoms with Gasteiger partial charge in [0.05, 0.1) is 39.9 Å². The Balaban J connectivity index is 1.66. The molecule has 3 aromatic rings. The van der Waals surface area contributed by atoms with Gasteiger partial charge in [-0.25, -0.2) is 14.4 Å². The predicted octanol–water partition coefficient (Wildman–Crippen LogP) is 3.51. The van der Waals surface area contributed by atoms with Crippen LogP contribution < -0.4 is 10.1 Å². The molecule has 0 aliphatic carbocycles. The fraction of sp³-hybridized carbons (Fsp3) is 0.227. The second kappa shape index (κ2) is 8.79. The van der Waals surface area contributed by atoms with E-state index in [0.717, 1.165) is 16.6 Å². The van der Waals surface area contributed by atoms with Crippen molar-refractivity contribution in [3.63, 3.8) is 0 Å². The van der Waals surface area contributed by atoms with Gasteiger partial charge >= 0.3 is 0 Å². The summed E-state index contributed by atoms with van der Waals surface area (Å²) in [6.07, 6.45) is 1.57. The molecule has 0 aliphatic rings. The molecule has 2 aromatic carbocycles. The van der Waals surface area contributed by atoms with Crippen molar-refractivity contribution in [2.24, 2.45) is 0 Å². The SMILES string of the molecule is C[N+](C)(C)CCNC(=O)c1nccc(-c2ccc(Oc3ccc(F)cc3)cc2)n1. The van der Waals surface area contributed by atoms with E-state index in [1.54, 1.807) is 36.5 Å². The molecule has 1 amide bonds. The van der Waals surface area contributed by atoms with Crippen LogP contribution in [0.25, 0.3) is 11.3 Å². The number of rotatable bonds is 7. The van der Waals surface area contributed by atoms with E-state index in [1.807, 2.05) is 12.1 Å². The summed E-state index contributed by atoms with van der Waals surface area (Å²) in [5, 5.41) is 2.85.